The Morgan fingerprint density at radius 2 is 1.61 bits per heavy atom. The van der Waals surface area contributed by atoms with Crippen LogP contribution in [0.15, 0.2) is 54.6 Å². The highest BCUT2D eigenvalue weighted by atomic mass is 16.3. The van der Waals surface area contributed by atoms with Crippen molar-refractivity contribution in [2.75, 3.05) is 19.6 Å². The second kappa shape index (κ2) is 9.03. The van der Waals surface area contributed by atoms with E-state index in [1.807, 2.05) is 6.07 Å². The number of rotatable bonds is 5. The molecule has 3 N–H and O–H groups in total. The van der Waals surface area contributed by atoms with Crippen LogP contribution in [0.4, 0.5) is 0 Å². The van der Waals surface area contributed by atoms with E-state index in [0.29, 0.717) is 31.5 Å². The molecule has 0 radical (unpaired) electrons. The lowest BCUT2D eigenvalue weighted by atomic mass is 10.0. The molecule has 7 heteroatoms. The number of carbonyl (C=O) groups excluding carboxylic acids is 3. The predicted molar refractivity (Wildman–Crippen MR) is 104 cm³/mol. The van der Waals surface area contributed by atoms with Crippen molar-refractivity contribution in [1.82, 2.24) is 15.5 Å². The summed E-state index contributed by atoms with van der Waals surface area (Å²) in [6.45, 7) is 0.897. The van der Waals surface area contributed by atoms with Gasteiger partial charge in [0.2, 0.25) is 5.91 Å². The molecule has 3 rings (SSSR count). The summed E-state index contributed by atoms with van der Waals surface area (Å²) in [7, 11) is 0. The number of nitrogens with zero attached hydrogens (tertiary/aromatic N) is 1. The first kappa shape index (κ1) is 19.4. The molecule has 2 aromatic rings. The van der Waals surface area contributed by atoms with Crippen molar-refractivity contribution in [1.29, 1.82) is 0 Å². The summed E-state index contributed by atoms with van der Waals surface area (Å²) in [5, 5.41) is 15.3. The largest absolute Gasteiger partial charge is 0.507 e. The number of amides is 3. The number of hydrogen-bond donors (Lipinski definition) is 3. The van der Waals surface area contributed by atoms with Crippen LogP contribution in [-0.4, -0.2) is 53.4 Å². The first-order valence-corrected chi connectivity index (χ1v) is 9.24. The van der Waals surface area contributed by atoms with Crippen LogP contribution < -0.4 is 10.6 Å². The maximum atomic E-state index is 12.5. The van der Waals surface area contributed by atoms with E-state index >= 15 is 0 Å². The van der Waals surface area contributed by atoms with Gasteiger partial charge >= 0.3 is 0 Å². The fraction of sp³-hybridized carbons (Fsp3) is 0.286. The minimum Gasteiger partial charge on any atom is -0.507 e. The number of aromatic hydroxyl groups is 1. The molecule has 1 fully saturated rings. The Balaban J connectivity index is 1.43. The zero-order valence-corrected chi connectivity index (χ0v) is 15.4. The van der Waals surface area contributed by atoms with Gasteiger partial charge in [-0.1, -0.05) is 30.3 Å². The maximum absolute atomic E-state index is 12.5. The molecule has 1 heterocycles. The smallest absolute Gasteiger partial charge is 0.257 e. The normalized spacial score (nSPS) is 14.4. The van der Waals surface area contributed by atoms with Crippen molar-refractivity contribution in [3.8, 4) is 5.75 Å². The molecular weight excluding hydrogens is 358 g/mol. The van der Waals surface area contributed by atoms with Crippen molar-refractivity contribution < 1.29 is 19.5 Å². The second-order valence-electron chi connectivity index (χ2n) is 6.70. The first-order chi connectivity index (χ1) is 13.5. The first-order valence-electron chi connectivity index (χ1n) is 9.24. The molecule has 0 atom stereocenters. The Hall–Kier alpha value is -3.35. The molecule has 2 aromatic carbocycles. The van der Waals surface area contributed by atoms with Crippen molar-refractivity contribution >= 4 is 17.7 Å². The molecule has 28 heavy (non-hydrogen) atoms. The van der Waals surface area contributed by atoms with Gasteiger partial charge in [0, 0.05) is 24.7 Å². The molecule has 1 aliphatic rings. The Bertz CT molecular complexity index is 846. The van der Waals surface area contributed by atoms with E-state index in [1.54, 1.807) is 47.4 Å². The molecule has 7 nitrogen and oxygen atoms in total. The zero-order chi connectivity index (χ0) is 19.9. The van der Waals surface area contributed by atoms with Gasteiger partial charge in [-0.25, -0.2) is 0 Å². The van der Waals surface area contributed by atoms with Crippen LogP contribution in [0.5, 0.6) is 5.75 Å². The Morgan fingerprint density at radius 1 is 0.964 bits per heavy atom. The molecule has 0 aliphatic carbocycles. The lowest BCUT2D eigenvalue weighted by molar-refractivity contribution is -0.121. The van der Waals surface area contributed by atoms with Gasteiger partial charge in [0.25, 0.3) is 11.8 Å². The Morgan fingerprint density at radius 3 is 2.29 bits per heavy atom. The van der Waals surface area contributed by atoms with Crippen LogP contribution >= 0.6 is 0 Å². The number of hydrogen-bond acceptors (Lipinski definition) is 4. The van der Waals surface area contributed by atoms with Gasteiger partial charge in [-0.15, -0.1) is 0 Å². The Labute approximate surface area is 163 Å². The van der Waals surface area contributed by atoms with Gasteiger partial charge in [0.05, 0.1) is 12.1 Å². The number of benzene rings is 2. The molecule has 1 aliphatic heterocycles. The SMILES string of the molecule is O=C(CNC(=O)c1ccccc1)NC1CCN(C(=O)c2ccccc2O)CC1. The third kappa shape index (κ3) is 4.88. The van der Waals surface area contributed by atoms with Gasteiger partial charge in [-0.05, 0) is 37.1 Å². The van der Waals surface area contributed by atoms with E-state index in [1.165, 1.54) is 6.07 Å². The van der Waals surface area contributed by atoms with Crippen LogP contribution in [-0.2, 0) is 4.79 Å². The third-order valence-electron chi connectivity index (χ3n) is 4.73. The molecule has 0 spiro atoms. The minimum atomic E-state index is -0.293. The quantitative estimate of drug-likeness (QED) is 0.732. The molecule has 0 bridgehead atoms. The van der Waals surface area contributed by atoms with Crippen molar-refractivity contribution in [3.63, 3.8) is 0 Å². The number of nitrogens with one attached hydrogen (secondary N) is 2. The number of likely N-dealkylation sites (tertiary alicyclic amines) is 1. The van der Waals surface area contributed by atoms with E-state index in [2.05, 4.69) is 10.6 Å². The van der Waals surface area contributed by atoms with E-state index in [4.69, 9.17) is 0 Å². The van der Waals surface area contributed by atoms with E-state index in [9.17, 15) is 19.5 Å². The number of para-hydroxylation sites is 1. The van der Waals surface area contributed by atoms with Gasteiger partial charge in [0.1, 0.15) is 5.75 Å². The third-order valence-corrected chi connectivity index (χ3v) is 4.73. The van der Waals surface area contributed by atoms with Gasteiger partial charge in [-0.2, -0.15) is 0 Å². The summed E-state index contributed by atoms with van der Waals surface area (Å²) in [5.74, 6) is -0.788. The van der Waals surface area contributed by atoms with Crippen molar-refractivity contribution in [2.45, 2.75) is 18.9 Å². The second-order valence-corrected chi connectivity index (χ2v) is 6.70. The summed E-state index contributed by atoms with van der Waals surface area (Å²) in [5.41, 5.74) is 0.792. The summed E-state index contributed by atoms with van der Waals surface area (Å²) >= 11 is 0. The lowest BCUT2D eigenvalue weighted by Crippen LogP contribution is -2.48. The molecular formula is C21H23N3O4. The number of phenols is 1. The van der Waals surface area contributed by atoms with Gasteiger partial charge in [-0.3, -0.25) is 14.4 Å². The van der Waals surface area contributed by atoms with Gasteiger partial charge < -0.3 is 20.6 Å². The molecule has 146 valence electrons. The van der Waals surface area contributed by atoms with Crippen LogP contribution in [0.1, 0.15) is 33.6 Å². The Kier molecular flexibility index (Phi) is 6.26. The number of carbonyl (C=O) groups is 3. The van der Waals surface area contributed by atoms with Crippen molar-refractivity contribution in [3.05, 3.63) is 65.7 Å². The summed E-state index contributed by atoms with van der Waals surface area (Å²) in [6, 6.07) is 15.1. The average Bonchev–Trinajstić information content (AvgIpc) is 2.73. The summed E-state index contributed by atoms with van der Waals surface area (Å²) in [4.78, 5) is 38.2. The van der Waals surface area contributed by atoms with Crippen LogP contribution in [0, 0.1) is 0 Å². The number of phenolic OH excluding ortho intramolecular Hbond substituents is 1. The van der Waals surface area contributed by atoms with Gasteiger partial charge in [0.15, 0.2) is 0 Å². The van der Waals surface area contributed by atoms with Crippen LogP contribution in [0.3, 0.4) is 0 Å². The molecule has 0 aromatic heterocycles. The predicted octanol–water partition coefficient (Wildman–Crippen LogP) is 1.54. The standard InChI is InChI=1S/C21H23N3O4/c25-18-9-5-4-8-17(18)21(28)24-12-10-16(11-13-24)23-19(26)14-22-20(27)15-6-2-1-3-7-15/h1-9,16,25H,10-14H2,(H,22,27)(H,23,26). The highest BCUT2D eigenvalue weighted by Gasteiger charge is 2.25. The van der Waals surface area contributed by atoms with Crippen LogP contribution in [0.25, 0.3) is 0 Å². The summed E-state index contributed by atoms with van der Waals surface area (Å²) < 4.78 is 0. The zero-order valence-electron chi connectivity index (χ0n) is 15.4. The average molecular weight is 381 g/mol. The highest BCUT2D eigenvalue weighted by molar-refractivity contribution is 5.97. The van der Waals surface area contributed by atoms with Crippen molar-refractivity contribution in [2.24, 2.45) is 0 Å². The van der Waals surface area contributed by atoms with E-state index in [0.717, 1.165) is 0 Å². The number of piperidine rings is 1. The van der Waals surface area contributed by atoms with E-state index < -0.39 is 0 Å². The molecule has 0 saturated carbocycles. The topological polar surface area (TPSA) is 98.7 Å². The monoisotopic (exact) mass is 381 g/mol. The minimum absolute atomic E-state index is 0.0305. The van der Waals surface area contributed by atoms with E-state index in [-0.39, 0.29) is 41.6 Å². The molecule has 3 amide bonds. The van der Waals surface area contributed by atoms with Crippen LogP contribution in [0.2, 0.25) is 0 Å². The lowest BCUT2D eigenvalue weighted by Gasteiger charge is -2.32. The highest BCUT2D eigenvalue weighted by Crippen LogP contribution is 2.20. The fourth-order valence-electron chi connectivity index (χ4n) is 3.18. The fourth-order valence-corrected chi connectivity index (χ4v) is 3.18. The molecule has 0 unspecified atom stereocenters. The maximum Gasteiger partial charge on any atom is 0.257 e. The summed E-state index contributed by atoms with van der Waals surface area (Å²) in [6.07, 6.45) is 1.25. The molecule has 1 saturated heterocycles.